The van der Waals surface area contributed by atoms with Crippen molar-refractivity contribution in [2.45, 2.75) is 51.0 Å². The Morgan fingerprint density at radius 2 is 2.00 bits per heavy atom. The summed E-state index contributed by atoms with van der Waals surface area (Å²) in [5, 5.41) is 3.50. The highest BCUT2D eigenvalue weighted by atomic mass is 79.9. The van der Waals surface area contributed by atoms with Gasteiger partial charge < -0.3 is 14.8 Å². The van der Waals surface area contributed by atoms with E-state index in [2.05, 4.69) is 33.4 Å². The molecule has 4 heteroatoms. The number of benzene rings is 1. The van der Waals surface area contributed by atoms with Crippen LogP contribution in [0.15, 0.2) is 16.6 Å². The Labute approximate surface area is 141 Å². The molecule has 0 aromatic heterocycles. The van der Waals surface area contributed by atoms with E-state index in [9.17, 15) is 0 Å². The molecule has 3 nitrogen and oxygen atoms in total. The van der Waals surface area contributed by atoms with Gasteiger partial charge in [0.05, 0.1) is 17.7 Å². The average molecular weight is 368 g/mol. The lowest BCUT2D eigenvalue weighted by atomic mass is 9.92. The zero-order chi connectivity index (χ0) is 15.4. The van der Waals surface area contributed by atoms with E-state index in [1.54, 1.807) is 7.11 Å². The first-order chi connectivity index (χ1) is 10.8. The maximum atomic E-state index is 6.24. The number of methoxy groups -OCH3 is 1. The van der Waals surface area contributed by atoms with E-state index in [0.29, 0.717) is 6.10 Å². The molecule has 1 aliphatic heterocycles. The number of hydrogen-bond acceptors (Lipinski definition) is 3. The number of hydrogen-bond donors (Lipinski definition) is 1. The molecule has 1 heterocycles. The summed E-state index contributed by atoms with van der Waals surface area (Å²) >= 11 is 3.65. The van der Waals surface area contributed by atoms with Crippen molar-refractivity contribution >= 4 is 15.9 Å². The zero-order valence-corrected chi connectivity index (χ0v) is 15.0. The number of ether oxygens (including phenoxy) is 2. The van der Waals surface area contributed by atoms with Gasteiger partial charge in [0, 0.05) is 0 Å². The second kappa shape index (κ2) is 7.69. The van der Waals surface area contributed by atoms with Gasteiger partial charge in [0.15, 0.2) is 11.5 Å². The van der Waals surface area contributed by atoms with Gasteiger partial charge in [-0.2, -0.15) is 0 Å². The van der Waals surface area contributed by atoms with Crippen molar-refractivity contribution in [3.8, 4) is 11.5 Å². The number of nitrogens with one attached hydrogen (secondary N) is 1. The Morgan fingerprint density at radius 1 is 1.18 bits per heavy atom. The van der Waals surface area contributed by atoms with Crippen LogP contribution in [0.1, 0.15) is 44.1 Å². The third kappa shape index (κ3) is 3.96. The van der Waals surface area contributed by atoms with Crippen LogP contribution in [0, 0.1) is 5.92 Å². The van der Waals surface area contributed by atoms with Gasteiger partial charge in [-0.05, 0) is 97.6 Å². The fourth-order valence-electron chi connectivity index (χ4n) is 3.64. The summed E-state index contributed by atoms with van der Waals surface area (Å²) in [4.78, 5) is 0. The molecule has 1 aromatic carbocycles. The smallest absolute Gasteiger partial charge is 0.174 e. The van der Waals surface area contributed by atoms with Crippen LogP contribution >= 0.6 is 15.9 Å². The quantitative estimate of drug-likeness (QED) is 0.840. The molecule has 1 atom stereocenters. The minimum absolute atomic E-state index is 0.354. The van der Waals surface area contributed by atoms with Crippen molar-refractivity contribution in [3.05, 3.63) is 22.2 Å². The summed E-state index contributed by atoms with van der Waals surface area (Å²) < 4.78 is 12.8. The minimum atomic E-state index is 0.354. The topological polar surface area (TPSA) is 30.5 Å². The molecule has 22 heavy (non-hydrogen) atoms. The molecule has 2 fully saturated rings. The maximum absolute atomic E-state index is 6.24. The molecule has 2 aliphatic rings. The van der Waals surface area contributed by atoms with E-state index in [4.69, 9.17) is 9.47 Å². The van der Waals surface area contributed by atoms with E-state index in [1.165, 1.54) is 37.8 Å². The van der Waals surface area contributed by atoms with E-state index < -0.39 is 0 Å². The predicted octanol–water partition coefficient (Wildman–Crippen LogP) is 4.32. The second-order valence-corrected chi connectivity index (χ2v) is 7.40. The highest BCUT2D eigenvalue weighted by Crippen LogP contribution is 2.39. The van der Waals surface area contributed by atoms with Crippen LogP contribution in [0.25, 0.3) is 0 Å². The Kier molecular flexibility index (Phi) is 5.64. The van der Waals surface area contributed by atoms with Gasteiger partial charge in [-0.1, -0.05) is 0 Å². The van der Waals surface area contributed by atoms with E-state index in [1.807, 2.05) is 0 Å². The van der Waals surface area contributed by atoms with Crippen LogP contribution in [-0.2, 0) is 6.42 Å². The molecular weight excluding hydrogens is 342 g/mol. The predicted molar refractivity (Wildman–Crippen MR) is 92.9 cm³/mol. The van der Waals surface area contributed by atoms with Gasteiger partial charge in [0.2, 0.25) is 0 Å². The molecule has 122 valence electrons. The van der Waals surface area contributed by atoms with Crippen molar-refractivity contribution in [1.82, 2.24) is 5.32 Å². The van der Waals surface area contributed by atoms with Crippen molar-refractivity contribution in [2.75, 3.05) is 20.2 Å². The standard InChI is InChI=1S/C18H26BrNO2/c1-21-18-16(19)10-14(9-13-5-4-8-20-12-13)11-17(18)22-15-6-2-3-7-15/h10-11,13,15,20H,2-9,12H2,1H3. The Hall–Kier alpha value is -0.740. The Bertz CT molecular complexity index is 494. The monoisotopic (exact) mass is 367 g/mol. The number of rotatable bonds is 5. The third-order valence-electron chi connectivity index (χ3n) is 4.79. The van der Waals surface area contributed by atoms with Crippen LogP contribution in [-0.4, -0.2) is 26.3 Å². The number of piperidine rings is 1. The fraction of sp³-hybridized carbons (Fsp3) is 0.667. The first kappa shape index (κ1) is 16.1. The Morgan fingerprint density at radius 3 is 2.68 bits per heavy atom. The van der Waals surface area contributed by atoms with Gasteiger partial charge in [-0.25, -0.2) is 0 Å². The number of halogens is 1. The highest BCUT2D eigenvalue weighted by Gasteiger charge is 2.21. The summed E-state index contributed by atoms with van der Waals surface area (Å²) in [7, 11) is 1.71. The summed E-state index contributed by atoms with van der Waals surface area (Å²) in [6.07, 6.45) is 8.95. The van der Waals surface area contributed by atoms with E-state index >= 15 is 0 Å². The van der Waals surface area contributed by atoms with Crippen LogP contribution in [0.2, 0.25) is 0 Å². The fourth-order valence-corrected chi connectivity index (χ4v) is 4.29. The lowest BCUT2D eigenvalue weighted by molar-refractivity contribution is 0.200. The van der Waals surface area contributed by atoms with Crippen molar-refractivity contribution in [2.24, 2.45) is 5.92 Å². The summed E-state index contributed by atoms with van der Waals surface area (Å²) in [6, 6.07) is 4.38. The maximum Gasteiger partial charge on any atom is 0.174 e. The summed E-state index contributed by atoms with van der Waals surface area (Å²) in [5.74, 6) is 2.47. The van der Waals surface area contributed by atoms with Gasteiger partial charge in [0.25, 0.3) is 0 Å². The molecule has 3 rings (SSSR count). The second-order valence-electron chi connectivity index (χ2n) is 6.55. The molecule has 1 saturated carbocycles. The molecule has 0 bridgehead atoms. The van der Waals surface area contributed by atoms with Crippen molar-refractivity contribution in [3.63, 3.8) is 0 Å². The lowest BCUT2D eigenvalue weighted by Gasteiger charge is -2.24. The molecule has 0 radical (unpaired) electrons. The SMILES string of the molecule is COc1c(Br)cc(CC2CCCNC2)cc1OC1CCCC1. The van der Waals surface area contributed by atoms with Crippen molar-refractivity contribution < 1.29 is 9.47 Å². The average Bonchev–Trinajstić information content (AvgIpc) is 3.01. The van der Waals surface area contributed by atoms with Gasteiger partial charge >= 0.3 is 0 Å². The molecule has 0 amide bonds. The van der Waals surface area contributed by atoms with E-state index in [-0.39, 0.29) is 0 Å². The molecule has 1 unspecified atom stereocenters. The Balaban J connectivity index is 1.76. The zero-order valence-electron chi connectivity index (χ0n) is 13.4. The van der Waals surface area contributed by atoms with Gasteiger partial charge in [-0.3, -0.25) is 0 Å². The van der Waals surface area contributed by atoms with E-state index in [0.717, 1.165) is 47.7 Å². The first-order valence-electron chi connectivity index (χ1n) is 8.50. The first-order valence-corrected chi connectivity index (χ1v) is 9.29. The third-order valence-corrected chi connectivity index (χ3v) is 5.38. The highest BCUT2D eigenvalue weighted by molar-refractivity contribution is 9.10. The molecule has 1 N–H and O–H groups in total. The summed E-state index contributed by atoms with van der Waals surface area (Å²) in [6.45, 7) is 2.29. The largest absolute Gasteiger partial charge is 0.492 e. The molecular formula is C18H26BrNO2. The van der Waals surface area contributed by atoms with Crippen LogP contribution in [0.5, 0.6) is 11.5 Å². The van der Waals surface area contributed by atoms with Gasteiger partial charge in [-0.15, -0.1) is 0 Å². The normalized spacial score (nSPS) is 22.7. The molecule has 1 aliphatic carbocycles. The van der Waals surface area contributed by atoms with Crippen LogP contribution < -0.4 is 14.8 Å². The molecule has 1 aromatic rings. The van der Waals surface area contributed by atoms with Crippen LogP contribution in [0.3, 0.4) is 0 Å². The van der Waals surface area contributed by atoms with Crippen molar-refractivity contribution in [1.29, 1.82) is 0 Å². The molecule has 0 spiro atoms. The van der Waals surface area contributed by atoms with Gasteiger partial charge in [0.1, 0.15) is 0 Å². The summed E-state index contributed by atoms with van der Waals surface area (Å²) in [5.41, 5.74) is 1.34. The lowest BCUT2D eigenvalue weighted by Crippen LogP contribution is -2.30. The molecule has 1 saturated heterocycles. The minimum Gasteiger partial charge on any atom is -0.492 e. The van der Waals surface area contributed by atoms with Crippen LogP contribution in [0.4, 0.5) is 0 Å².